The second kappa shape index (κ2) is 16.3. The number of hydrogen-bond acceptors (Lipinski definition) is 5. The molecular formula is C28H51NO4Si2. The second-order valence-electron chi connectivity index (χ2n) is 11.2. The quantitative estimate of drug-likeness (QED) is 0.0835. The van der Waals surface area contributed by atoms with Crippen LogP contribution in [-0.2, 0) is 18.5 Å². The van der Waals surface area contributed by atoms with E-state index in [1.165, 1.54) is 30.4 Å². The summed E-state index contributed by atoms with van der Waals surface area (Å²) >= 11 is 0. The van der Waals surface area contributed by atoms with Crippen molar-refractivity contribution >= 4 is 28.3 Å². The van der Waals surface area contributed by atoms with Gasteiger partial charge in [-0.2, -0.15) is 0 Å². The van der Waals surface area contributed by atoms with Crippen LogP contribution in [-0.4, -0.2) is 41.0 Å². The summed E-state index contributed by atoms with van der Waals surface area (Å²) in [6.07, 6.45) is 18.8. The molecule has 0 aromatic rings. The lowest BCUT2D eigenvalue weighted by atomic mass is 10.0. The van der Waals surface area contributed by atoms with Crippen LogP contribution in [0.5, 0.6) is 0 Å². The maximum absolute atomic E-state index is 11.9. The van der Waals surface area contributed by atoms with Gasteiger partial charge in [0.1, 0.15) is 6.61 Å². The van der Waals surface area contributed by atoms with Crippen molar-refractivity contribution in [2.45, 2.75) is 123 Å². The Morgan fingerprint density at radius 2 is 1.74 bits per heavy atom. The van der Waals surface area contributed by atoms with Crippen LogP contribution in [0.3, 0.4) is 0 Å². The summed E-state index contributed by atoms with van der Waals surface area (Å²) in [4.78, 5) is 17.3. The van der Waals surface area contributed by atoms with Gasteiger partial charge < -0.3 is 13.7 Å². The van der Waals surface area contributed by atoms with E-state index in [1.54, 1.807) is 0 Å². The van der Waals surface area contributed by atoms with Crippen LogP contribution in [0.25, 0.3) is 0 Å². The molecule has 1 unspecified atom stereocenters. The molecule has 0 aromatic carbocycles. The molecule has 1 aliphatic carbocycles. The molecule has 0 radical (unpaired) electrons. The summed E-state index contributed by atoms with van der Waals surface area (Å²) in [5.41, 5.74) is 3.67. The Kier molecular flexibility index (Phi) is 14.7. The van der Waals surface area contributed by atoms with Crippen molar-refractivity contribution in [3.63, 3.8) is 0 Å². The Balaban J connectivity index is 2.83. The van der Waals surface area contributed by atoms with E-state index in [4.69, 9.17) is 13.7 Å². The molecule has 0 aliphatic heterocycles. The molecule has 0 heterocycles. The fraction of sp³-hybridized carbons (Fsp3) is 0.714. The zero-order valence-corrected chi connectivity index (χ0v) is 25.7. The zero-order chi connectivity index (χ0) is 26.3. The average Bonchev–Trinajstić information content (AvgIpc) is 3.12. The Morgan fingerprint density at radius 3 is 2.37 bits per heavy atom. The van der Waals surface area contributed by atoms with E-state index < -0.39 is 16.6 Å². The maximum Gasteiger partial charge on any atom is 0.292 e. The topological polar surface area (TPSA) is 57.1 Å². The molecular weight excluding hydrogens is 470 g/mol. The number of carbonyl (C=O) groups excluding carboxylic acids is 1. The van der Waals surface area contributed by atoms with Crippen LogP contribution in [0.1, 0.15) is 78.1 Å². The summed E-state index contributed by atoms with van der Waals surface area (Å²) in [6.45, 7) is 17.7. The molecule has 0 N–H and O–H groups in total. The predicted molar refractivity (Wildman–Crippen MR) is 154 cm³/mol. The molecule has 0 saturated carbocycles. The van der Waals surface area contributed by atoms with Crippen molar-refractivity contribution in [2.75, 3.05) is 6.61 Å². The molecule has 35 heavy (non-hydrogen) atoms. The molecule has 0 bridgehead atoms. The van der Waals surface area contributed by atoms with Crippen LogP contribution < -0.4 is 0 Å². The van der Waals surface area contributed by atoms with Gasteiger partial charge in [-0.1, -0.05) is 55.6 Å². The molecule has 0 saturated heterocycles. The van der Waals surface area contributed by atoms with Crippen LogP contribution >= 0.6 is 0 Å². The van der Waals surface area contributed by atoms with Crippen LogP contribution in [0.2, 0.25) is 39.3 Å². The molecule has 5 nitrogen and oxygen atoms in total. The first-order chi connectivity index (χ1) is 16.4. The van der Waals surface area contributed by atoms with E-state index in [-0.39, 0.29) is 12.1 Å². The number of carbonyl (C=O) groups is 1. The maximum atomic E-state index is 11.9. The summed E-state index contributed by atoms with van der Waals surface area (Å²) in [7, 11) is -3.41. The van der Waals surface area contributed by atoms with E-state index in [2.05, 4.69) is 56.0 Å². The highest BCUT2D eigenvalue weighted by molar-refractivity contribution is 6.71. The van der Waals surface area contributed by atoms with Crippen LogP contribution in [0, 0.1) is 0 Å². The van der Waals surface area contributed by atoms with Crippen molar-refractivity contribution in [2.24, 2.45) is 5.16 Å². The van der Waals surface area contributed by atoms with E-state index in [0.29, 0.717) is 13.0 Å². The van der Waals surface area contributed by atoms with Gasteiger partial charge in [-0.3, -0.25) is 4.79 Å². The standard InChI is InChI=1S/C28H51NO4Si2/c1-9-11-14-17-25(32-34(3,4)5)22-20-24-21-23-27(29-31-10-2)26(24)18-15-12-13-16-19-28(30)33-35(6,7)8/h12,15,20,22,25H,9-11,13-14,16-19,21,23H2,1-8H3/b15-12-,22-20+,29-27-. The smallest absolute Gasteiger partial charge is 0.292 e. The number of rotatable bonds is 17. The molecule has 1 atom stereocenters. The van der Waals surface area contributed by atoms with Crippen molar-refractivity contribution < 1.29 is 18.5 Å². The van der Waals surface area contributed by atoms with Crippen LogP contribution in [0.4, 0.5) is 0 Å². The Hall–Kier alpha value is -1.45. The molecule has 1 aliphatic rings. The first-order valence-corrected chi connectivity index (χ1v) is 20.4. The normalized spacial score (nSPS) is 17.2. The highest BCUT2D eigenvalue weighted by atomic mass is 28.4. The largest absolute Gasteiger partial charge is 0.520 e. The number of unbranched alkanes of at least 4 members (excludes halogenated alkanes) is 3. The molecule has 0 amide bonds. The third-order valence-corrected chi connectivity index (χ3v) is 7.29. The third kappa shape index (κ3) is 15.3. The van der Waals surface area contributed by atoms with Crippen molar-refractivity contribution in [3.8, 4) is 0 Å². The van der Waals surface area contributed by atoms with Gasteiger partial charge >= 0.3 is 0 Å². The Morgan fingerprint density at radius 1 is 1.00 bits per heavy atom. The summed E-state index contributed by atoms with van der Waals surface area (Å²) in [5, 5.41) is 4.40. The molecule has 0 aromatic heterocycles. The Bertz CT molecular complexity index is 758. The molecule has 7 heteroatoms. The number of oxime groups is 1. The fourth-order valence-corrected chi connectivity index (χ4v) is 5.85. The minimum atomic E-state index is -1.79. The van der Waals surface area contributed by atoms with Gasteiger partial charge in [0.05, 0.1) is 11.8 Å². The molecule has 1 rings (SSSR count). The second-order valence-corrected chi connectivity index (χ2v) is 20.1. The summed E-state index contributed by atoms with van der Waals surface area (Å²) in [5.74, 6) is -0.0661. The number of allylic oxidation sites excluding steroid dienone is 5. The summed E-state index contributed by atoms with van der Waals surface area (Å²) in [6, 6.07) is 0. The first-order valence-electron chi connectivity index (χ1n) is 13.6. The van der Waals surface area contributed by atoms with Crippen LogP contribution in [0.15, 0.2) is 40.6 Å². The minimum Gasteiger partial charge on any atom is -0.520 e. The van der Waals surface area contributed by atoms with Gasteiger partial charge in [-0.25, -0.2) is 0 Å². The van der Waals surface area contributed by atoms with Crippen molar-refractivity contribution in [1.29, 1.82) is 0 Å². The highest BCUT2D eigenvalue weighted by Gasteiger charge is 2.22. The van der Waals surface area contributed by atoms with Gasteiger partial charge in [0.2, 0.25) is 8.32 Å². The monoisotopic (exact) mass is 521 g/mol. The van der Waals surface area contributed by atoms with E-state index in [0.717, 1.165) is 44.2 Å². The van der Waals surface area contributed by atoms with Gasteiger partial charge in [0.25, 0.3) is 5.97 Å². The molecule has 0 fully saturated rings. The lowest BCUT2D eigenvalue weighted by molar-refractivity contribution is -0.135. The number of hydrogen-bond donors (Lipinski definition) is 0. The number of nitrogens with zero attached hydrogens (tertiary/aromatic N) is 1. The fourth-order valence-electron chi connectivity index (χ4n) is 3.96. The van der Waals surface area contributed by atoms with Gasteiger partial charge in [0.15, 0.2) is 8.32 Å². The third-order valence-electron chi connectivity index (χ3n) is 5.44. The van der Waals surface area contributed by atoms with E-state index in [9.17, 15) is 4.79 Å². The van der Waals surface area contributed by atoms with Gasteiger partial charge in [-0.15, -0.1) is 0 Å². The lowest BCUT2D eigenvalue weighted by Gasteiger charge is -2.24. The lowest BCUT2D eigenvalue weighted by Crippen LogP contribution is -2.31. The van der Waals surface area contributed by atoms with E-state index >= 15 is 0 Å². The van der Waals surface area contributed by atoms with Crippen molar-refractivity contribution in [1.82, 2.24) is 0 Å². The minimum absolute atomic E-state index is 0.0661. The summed E-state index contributed by atoms with van der Waals surface area (Å²) < 4.78 is 12.0. The highest BCUT2D eigenvalue weighted by Crippen LogP contribution is 2.29. The zero-order valence-electron chi connectivity index (χ0n) is 23.7. The average molecular weight is 522 g/mol. The molecule has 0 spiro atoms. The van der Waals surface area contributed by atoms with Gasteiger partial charge in [-0.05, 0) is 95.9 Å². The van der Waals surface area contributed by atoms with Gasteiger partial charge in [0, 0.05) is 6.42 Å². The first kappa shape index (κ1) is 31.6. The molecule has 200 valence electrons. The SMILES string of the molecule is CCCCCC(/C=C/C1=C(C/C=C\CCCC(=O)O[Si](C)(C)C)C(=N\OCC)/CC1)O[Si](C)(C)C. The predicted octanol–water partition coefficient (Wildman–Crippen LogP) is 8.32. The van der Waals surface area contributed by atoms with E-state index in [1.807, 2.05) is 26.6 Å². The van der Waals surface area contributed by atoms with Crippen molar-refractivity contribution in [3.05, 3.63) is 35.5 Å². The Labute approximate surface area is 217 Å².